The summed E-state index contributed by atoms with van der Waals surface area (Å²) in [6, 6.07) is 6.83. The van der Waals surface area contributed by atoms with E-state index in [1.54, 1.807) is 48.7 Å². The van der Waals surface area contributed by atoms with Gasteiger partial charge in [0.15, 0.2) is 0 Å². The standard InChI is InChI=1S/C19H26N4O3/c1-22(16-7-8-17(18(16)24)23-11-10-21-13-23)19(25)14-3-5-15(6-4-14)26-12-2-9-20/h3-6,10-11,13,16-18,24H,2,7-9,12,20H2,1H3/t16-,17-,18-/m1/s1. The van der Waals surface area contributed by atoms with Crippen LogP contribution in [0.3, 0.4) is 0 Å². The number of imidazole rings is 1. The van der Waals surface area contributed by atoms with Crippen LogP contribution in [0, 0.1) is 0 Å². The van der Waals surface area contributed by atoms with Crippen LogP contribution >= 0.6 is 0 Å². The van der Waals surface area contributed by atoms with Gasteiger partial charge < -0.3 is 25.0 Å². The molecule has 1 amide bonds. The van der Waals surface area contributed by atoms with E-state index in [-0.39, 0.29) is 18.0 Å². The molecule has 1 saturated carbocycles. The molecule has 0 unspecified atom stereocenters. The van der Waals surface area contributed by atoms with E-state index in [0.717, 1.165) is 25.0 Å². The fourth-order valence-corrected chi connectivity index (χ4v) is 3.47. The highest BCUT2D eigenvalue weighted by Gasteiger charge is 2.39. The summed E-state index contributed by atoms with van der Waals surface area (Å²) in [5.41, 5.74) is 6.03. The van der Waals surface area contributed by atoms with Gasteiger partial charge in [0.1, 0.15) is 5.75 Å². The number of aliphatic hydroxyl groups is 1. The van der Waals surface area contributed by atoms with Crippen LogP contribution in [0.25, 0.3) is 0 Å². The zero-order valence-corrected chi connectivity index (χ0v) is 15.0. The summed E-state index contributed by atoms with van der Waals surface area (Å²) in [7, 11) is 1.75. The number of hydrogen-bond donors (Lipinski definition) is 2. The molecule has 1 aliphatic rings. The molecule has 1 heterocycles. The third-order valence-corrected chi connectivity index (χ3v) is 4.99. The molecule has 0 radical (unpaired) electrons. The summed E-state index contributed by atoms with van der Waals surface area (Å²) >= 11 is 0. The quantitative estimate of drug-likeness (QED) is 0.731. The first-order valence-electron chi connectivity index (χ1n) is 8.97. The van der Waals surface area contributed by atoms with Crippen LogP contribution in [0.5, 0.6) is 5.75 Å². The minimum absolute atomic E-state index is 0.0453. The molecule has 1 aromatic heterocycles. The molecule has 3 N–H and O–H groups in total. The molecule has 3 rings (SSSR count). The number of ether oxygens (including phenoxy) is 1. The molecule has 1 aromatic carbocycles. The Bertz CT molecular complexity index is 702. The molecule has 1 fully saturated rings. The van der Waals surface area contributed by atoms with E-state index in [9.17, 15) is 9.90 Å². The highest BCUT2D eigenvalue weighted by Crippen LogP contribution is 2.33. The minimum atomic E-state index is -0.614. The number of carbonyl (C=O) groups is 1. The van der Waals surface area contributed by atoms with Crippen molar-refractivity contribution in [1.82, 2.24) is 14.5 Å². The van der Waals surface area contributed by atoms with Crippen LogP contribution in [0.2, 0.25) is 0 Å². The van der Waals surface area contributed by atoms with E-state index in [0.29, 0.717) is 18.7 Å². The second-order valence-corrected chi connectivity index (χ2v) is 6.64. The van der Waals surface area contributed by atoms with E-state index in [4.69, 9.17) is 10.5 Å². The smallest absolute Gasteiger partial charge is 0.253 e. The van der Waals surface area contributed by atoms with Crippen molar-refractivity contribution in [3.63, 3.8) is 0 Å². The molecule has 3 atom stereocenters. The van der Waals surface area contributed by atoms with Crippen molar-refractivity contribution in [3.8, 4) is 5.75 Å². The molecule has 2 aromatic rings. The van der Waals surface area contributed by atoms with Crippen molar-refractivity contribution in [2.24, 2.45) is 5.73 Å². The Morgan fingerprint density at radius 3 is 2.81 bits per heavy atom. The van der Waals surface area contributed by atoms with Gasteiger partial charge in [0.05, 0.1) is 31.1 Å². The number of nitrogens with two attached hydrogens (primary N) is 1. The Morgan fingerprint density at radius 1 is 1.38 bits per heavy atom. The molecule has 1 aliphatic carbocycles. The average molecular weight is 358 g/mol. The number of likely N-dealkylation sites (N-methyl/N-ethyl adjacent to an activating group) is 1. The van der Waals surface area contributed by atoms with Gasteiger partial charge in [-0.25, -0.2) is 4.98 Å². The van der Waals surface area contributed by atoms with Crippen molar-refractivity contribution < 1.29 is 14.6 Å². The number of benzene rings is 1. The number of rotatable bonds is 7. The molecule has 7 nitrogen and oxygen atoms in total. The van der Waals surface area contributed by atoms with Gasteiger partial charge in [-0.05, 0) is 50.1 Å². The van der Waals surface area contributed by atoms with E-state index in [2.05, 4.69) is 4.98 Å². The Kier molecular flexibility index (Phi) is 5.90. The first-order chi connectivity index (χ1) is 12.6. The van der Waals surface area contributed by atoms with E-state index < -0.39 is 6.10 Å². The molecule has 0 spiro atoms. The molecule has 7 heteroatoms. The number of hydrogen-bond acceptors (Lipinski definition) is 5. The lowest BCUT2D eigenvalue weighted by Crippen LogP contribution is -2.43. The monoisotopic (exact) mass is 358 g/mol. The largest absolute Gasteiger partial charge is 0.494 e. The summed E-state index contributed by atoms with van der Waals surface area (Å²) in [5.74, 6) is 0.618. The van der Waals surface area contributed by atoms with Gasteiger partial charge in [0, 0.05) is 25.0 Å². The van der Waals surface area contributed by atoms with Crippen LogP contribution in [-0.2, 0) is 0 Å². The first kappa shape index (κ1) is 18.4. The number of amides is 1. The minimum Gasteiger partial charge on any atom is -0.494 e. The van der Waals surface area contributed by atoms with Crippen molar-refractivity contribution >= 4 is 5.91 Å². The number of aromatic nitrogens is 2. The van der Waals surface area contributed by atoms with Crippen molar-refractivity contribution in [3.05, 3.63) is 48.5 Å². The number of aliphatic hydroxyl groups excluding tert-OH is 1. The third-order valence-electron chi connectivity index (χ3n) is 4.99. The fraction of sp³-hybridized carbons (Fsp3) is 0.474. The third kappa shape index (κ3) is 3.89. The molecule has 0 bridgehead atoms. The summed E-state index contributed by atoms with van der Waals surface area (Å²) in [6.45, 7) is 1.15. The van der Waals surface area contributed by atoms with Gasteiger partial charge in [-0.1, -0.05) is 0 Å². The second-order valence-electron chi connectivity index (χ2n) is 6.64. The Labute approximate surface area is 153 Å². The normalized spacial score (nSPS) is 22.3. The van der Waals surface area contributed by atoms with Crippen LogP contribution in [0.4, 0.5) is 0 Å². The van der Waals surface area contributed by atoms with Crippen LogP contribution in [-0.4, -0.2) is 57.8 Å². The fourth-order valence-electron chi connectivity index (χ4n) is 3.47. The predicted octanol–water partition coefficient (Wildman–Crippen LogP) is 1.45. The molecule has 140 valence electrons. The van der Waals surface area contributed by atoms with Gasteiger partial charge >= 0.3 is 0 Å². The number of nitrogens with zero attached hydrogens (tertiary/aromatic N) is 3. The van der Waals surface area contributed by atoms with Gasteiger partial charge in [0.25, 0.3) is 5.91 Å². The number of carbonyl (C=O) groups excluding carboxylic acids is 1. The maximum Gasteiger partial charge on any atom is 0.253 e. The zero-order chi connectivity index (χ0) is 18.5. The van der Waals surface area contributed by atoms with Crippen LogP contribution < -0.4 is 10.5 Å². The average Bonchev–Trinajstić information content (AvgIpc) is 3.31. The highest BCUT2D eigenvalue weighted by molar-refractivity contribution is 5.94. The maximum atomic E-state index is 12.8. The van der Waals surface area contributed by atoms with E-state index >= 15 is 0 Å². The zero-order valence-electron chi connectivity index (χ0n) is 15.0. The van der Waals surface area contributed by atoms with Gasteiger partial charge in [-0.2, -0.15) is 0 Å². The van der Waals surface area contributed by atoms with Crippen LogP contribution in [0.1, 0.15) is 35.7 Å². The van der Waals surface area contributed by atoms with Crippen molar-refractivity contribution in [1.29, 1.82) is 0 Å². The SMILES string of the molecule is CN(C(=O)c1ccc(OCCCN)cc1)[C@@H]1CC[C@@H](n2ccnc2)[C@@H]1O. The molecule has 26 heavy (non-hydrogen) atoms. The first-order valence-corrected chi connectivity index (χ1v) is 8.97. The summed E-state index contributed by atoms with van der Waals surface area (Å²) in [4.78, 5) is 18.5. The van der Waals surface area contributed by atoms with Crippen molar-refractivity contribution in [2.45, 2.75) is 37.5 Å². The molecule has 0 aliphatic heterocycles. The lowest BCUT2D eigenvalue weighted by atomic mass is 10.1. The highest BCUT2D eigenvalue weighted by atomic mass is 16.5. The van der Waals surface area contributed by atoms with E-state index in [1.807, 2.05) is 10.8 Å². The molecular formula is C19H26N4O3. The molecular weight excluding hydrogens is 332 g/mol. The summed E-state index contributed by atoms with van der Waals surface area (Å²) < 4.78 is 7.47. The summed E-state index contributed by atoms with van der Waals surface area (Å²) in [6.07, 6.45) is 7.01. The van der Waals surface area contributed by atoms with Crippen molar-refractivity contribution in [2.75, 3.05) is 20.2 Å². The van der Waals surface area contributed by atoms with Gasteiger partial charge in [0.2, 0.25) is 0 Å². The second kappa shape index (κ2) is 8.33. The maximum absolute atomic E-state index is 12.8. The van der Waals surface area contributed by atoms with Gasteiger partial charge in [-0.15, -0.1) is 0 Å². The van der Waals surface area contributed by atoms with Gasteiger partial charge in [-0.3, -0.25) is 4.79 Å². The Balaban J connectivity index is 1.62. The van der Waals surface area contributed by atoms with E-state index in [1.165, 1.54) is 0 Å². The Hall–Kier alpha value is -2.38. The van der Waals surface area contributed by atoms with Crippen LogP contribution in [0.15, 0.2) is 43.0 Å². The lowest BCUT2D eigenvalue weighted by molar-refractivity contribution is 0.0443. The summed E-state index contributed by atoms with van der Waals surface area (Å²) in [5, 5.41) is 10.7. The Morgan fingerprint density at radius 2 is 2.15 bits per heavy atom. The topological polar surface area (TPSA) is 93.6 Å². The molecule has 0 saturated heterocycles. The predicted molar refractivity (Wildman–Crippen MR) is 98.0 cm³/mol. The lowest BCUT2D eigenvalue weighted by Gasteiger charge is -2.29.